The first-order chi connectivity index (χ1) is 15.2. The maximum atomic E-state index is 12.6. The smallest absolute Gasteiger partial charge is 0.275 e. The predicted molar refractivity (Wildman–Crippen MR) is 132 cm³/mol. The summed E-state index contributed by atoms with van der Waals surface area (Å²) in [6.07, 6.45) is 2.74. The van der Waals surface area contributed by atoms with E-state index in [-0.39, 0.29) is 16.9 Å². The number of hydrazone groups is 1. The van der Waals surface area contributed by atoms with Crippen molar-refractivity contribution >= 4 is 28.6 Å². The van der Waals surface area contributed by atoms with Crippen molar-refractivity contribution in [3.63, 3.8) is 0 Å². The van der Waals surface area contributed by atoms with Gasteiger partial charge in [-0.15, -0.1) is 0 Å². The van der Waals surface area contributed by atoms with Crippen LogP contribution in [0.4, 0.5) is 5.69 Å². The molecule has 5 nitrogen and oxygen atoms in total. The minimum atomic E-state index is -0.441. The fourth-order valence-corrected chi connectivity index (χ4v) is 5.16. The summed E-state index contributed by atoms with van der Waals surface area (Å²) in [5.41, 5.74) is 6.36. The Bertz CT molecular complexity index is 1200. The van der Waals surface area contributed by atoms with E-state index in [1.54, 1.807) is 18.3 Å². The maximum absolute atomic E-state index is 12.6. The SMILES string of the molecule is CC(C)N1c2ccc(/C=N\NC(=O)c3cc4ccccc4cc3O)cc2[C@H](C)CC1(C)C. The van der Waals surface area contributed by atoms with Crippen LogP contribution >= 0.6 is 0 Å². The van der Waals surface area contributed by atoms with E-state index < -0.39 is 5.91 Å². The van der Waals surface area contributed by atoms with Crippen LogP contribution in [0.5, 0.6) is 5.75 Å². The number of rotatable bonds is 4. The Morgan fingerprint density at radius 3 is 2.53 bits per heavy atom. The number of aromatic hydroxyl groups is 1. The third-order valence-electron chi connectivity index (χ3n) is 6.30. The summed E-state index contributed by atoms with van der Waals surface area (Å²) in [7, 11) is 0. The molecule has 3 aromatic rings. The van der Waals surface area contributed by atoms with Crippen molar-refractivity contribution < 1.29 is 9.90 Å². The summed E-state index contributed by atoms with van der Waals surface area (Å²) in [6, 6.07) is 17.6. The molecule has 4 rings (SSSR count). The van der Waals surface area contributed by atoms with Gasteiger partial charge in [-0.3, -0.25) is 4.79 Å². The van der Waals surface area contributed by atoms with Gasteiger partial charge in [-0.2, -0.15) is 5.10 Å². The lowest BCUT2D eigenvalue weighted by molar-refractivity contribution is 0.0952. The van der Waals surface area contributed by atoms with Gasteiger partial charge in [-0.1, -0.05) is 37.3 Å². The number of benzene rings is 3. The van der Waals surface area contributed by atoms with E-state index in [9.17, 15) is 9.90 Å². The number of phenols is 1. The highest BCUT2D eigenvalue weighted by atomic mass is 16.3. The van der Waals surface area contributed by atoms with Crippen molar-refractivity contribution in [3.05, 3.63) is 71.3 Å². The molecule has 2 N–H and O–H groups in total. The fourth-order valence-electron chi connectivity index (χ4n) is 5.16. The highest BCUT2D eigenvalue weighted by Crippen LogP contribution is 2.44. The van der Waals surface area contributed by atoms with E-state index in [0.29, 0.717) is 12.0 Å². The molecule has 166 valence electrons. The zero-order chi connectivity index (χ0) is 23.0. The molecule has 0 spiro atoms. The number of phenolic OH excluding ortho intramolecular Hbond substituents is 1. The number of hydrogen-bond donors (Lipinski definition) is 2. The third-order valence-corrected chi connectivity index (χ3v) is 6.30. The predicted octanol–water partition coefficient (Wildman–Crippen LogP) is 5.81. The van der Waals surface area contributed by atoms with Gasteiger partial charge in [0.05, 0.1) is 11.8 Å². The van der Waals surface area contributed by atoms with Crippen molar-refractivity contribution in [1.29, 1.82) is 0 Å². The second-order valence-electron chi connectivity index (χ2n) is 9.62. The molecule has 1 amide bonds. The van der Waals surface area contributed by atoms with Crippen LogP contribution in [0.1, 0.15) is 68.4 Å². The number of fused-ring (bicyclic) bond motifs is 2. The van der Waals surface area contributed by atoms with Crippen LogP contribution in [0.25, 0.3) is 10.8 Å². The minimum Gasteiger partial charge on any atom is -0.507 e. The molecule has 0 radical (unpaired) electrons. The van der Waals surface area contributed by atoms with Gasteiger partial charge in [0.1, 0.15) is 5.75 Å². The Hall–Kier alpha value is -3.34. The molecule has 0 aliphatic carbocycles. The van der Waals surface area contributed by atoms with Gasteiger partial charge in [0.2, 0.25) is 0 Å². The van der Waals surface area contributed by atoms with Crippen LogP contribution in [-0.2, 0) is 0 Å². The lowest BCUT2D eigenvalue weighted by Crippen LogP contribution is -2.51. The van der Waals surface area contributed by atoms with Crippen LogP contribution in [0.2, 0.25) is 0 Å². The average Bonchev–Trinajstić information content (AvgIpc) is 2.72. The van der Waals surface area contributed by atoms with Crippen LogP contribution in [0.15, 0.2) is 59.7 Å². The molecule has 0 bridgehead atoms. The van der Waals surface area contributed by atoms with Crippen LogP contribution in [0.3, 0.4) is 0 Å². The Morgan fingerprint density at radius 2 is 1.84 bits per heavy atom. The number of hydrogen-bond acceptors (Lipinski definition) is 4. The minimum absolute atomic E-state index is 0.0598. The summed E-state index contributed by atoms with van der Waals surface area (Å²) in [5.74, 6) is -0.0635. The first-order valence-electron chi connectivity index (χ1n) is 11.2. The van der Waals surface area contributed by atoms with Crippen molar-refractivity contribution in [3.8, 4) is 5.75 Å². The molecule has 32 heavy (non-hydrogen) atoms. The molecule has 1 aliphatic heterocycles. The van der Waals surface area contributed by atoms with Crippen LogP contribution in [-0.4, -0.2) is 28.8 Å². The Morgan fingerprint density at radius 1 is 1.16 bits per heavy atom. The molecule has 0 saturated carbocycles. The van der Waals surface area contributed by atoms with Gasteiger partial charge < -0.3 is 10.0 Å². The Kier molecular flexibility index (Phi) is 5.68. The molecule has 0 fully saturated rings. The molecule has 0 saturated heterocycles. The zero-order valence-corrected chi connectivity index (χ0v) is 19.4. The maximum Gasteiger partial charge on any atom is 0.275 e. The summed E-state index contributed by atoms with van der Waals surface area (Å²) in [5, 5.41) is 16.2. The molecule has 1 aliphatic rings. The molecule has 0 aromatic heterocycles. The van der Waals surface area contributed by atoms with Gasteiger partial charge in [-0.25, -0.2) is 5.43 Å². The summed E-state index contributed by atoms with van der Waals surface area (Å²) in [4.78, 5) is 15.1. The Labute approximate surface area is 189 Å². The van der Waals surface area contributed by atoms with Crippen molar-refractivity contribution in [2.75, 3.05) is 4.90 Å². The summed E-state index contributed by atoms with van der Waals surface area (Å²) < 4.78 is 0. The van der Waals surface area contributed by atoms with Crippen LogP contribution < -0.4 is 10.3 Å². The fraction of sp³-hybridized carbons (Fsp3) is 0.333. The number of amides is 1. The molecule has 3 aromatic carbocycles. The molecule has 5 heteroatoms. The average molecular weight is 430 g/mol. The van der Waals surface area contributed by atoms with Gasteiger partial charge >= 0.3 is 0 Å². The number of nitrogens with one attached hydrogen (secondary N) is 1. The number of anilines is 1. The highest BCUT2D eigenvalue weighted by molar-refractivity contribution is 6.01. The molecular formula is C27H31N3O2. The van der Waals surface area contributed by atoms with E-state index in [0.717, 1.165) is 22.8 Å². The molecular weight excluding hydrogens is 398 g/mol. The standard InChI is InChI=1S/C27H31N3O2/c1-17(2)30-24-11-10-19(12-22(24)18(3)15-27(30,4)5)16-28-29-26(32)23-13-20-8-6-7-9-21(20)14-25(23)31/h6-14,16-18,31H,15H2,1-5H3,(H,29,32)/b28-16-/t18-/m1/s1. The number of carbonyl (C=O) groups is 1. The van der Waals surface area contributed by atoms with Gasteiger partial charge in [-0.05, 0) is 86.2 Å². The second kappa shape index (κ2) is 8.30. The van der Waals surface area contributed by atoms with E-state index in [1.807, 2.05) is 30.3 Å². The Balaban J connectivity index is 1.54. The lowest BCUT2D eigenvalue weighted by Gasteiger charge is -2.50. The molecule has 1 atom stereocenters. The normalized spacial score (nSPS) is 17.7. The van der Waals surface area contributed by atoms with E-state index in [2.05, 4.69) is 62.2 Å². The van der Waals surface area contributed by atoms with E-state index >= 15 is 0 Å². The van der Waals surface area contributed by atoms with Crippen molar-refractivity contribution in [2.45, 2.75) is 58.5 Å². The van der Waals surface area contributed by atoms with Crippen molar-refractivity contribution in [1.82, 2.24) is 5.43 Å². The molecule has 1 heterocycles. The number of nitrogens with zero attached hydrogens (tertiary/aromatic N) is 2. The second-order valence-corrected chi connectivity index (χ2v) is 9.62. The quantitative estimate of drug-likeness (QED) is 0.406. The lowest BCUT2D eigenvalue weighted by atomic mass is 9.79. The largest absolute Gasteiger partial charge is 0.507 e. The van der Waals surface area contributed by atoms with Gasteiger partial charge in [0, 0.05) is 17.3 Å². The van der Waals surface area contributed by atoms with Gasteiger partial charge in [0.25, 0.3) is 5.91 Å². The number of carbonyl (C=O) groups excluding carboxylic acids is 1. The first kappa shape index (κ1) is 21.9. The summed E-state index contributed by atoms with van der Waals surface area (Å²) in [6.45, 7) is 11.3. The topological polar surface area (TPSA) is 64.9 Å². The van der Waals surface area contributed by atoms with E-state index in [1.165, 1.54) is 11.3 Å². The molecule has 0 unspecified atom stereocenters. The first-order valence-corrected chi connectivity index (χ1v) is 11.2. The van der Waals surface area contributed by atoms with Crippen molar-refractivity contribution in [2.24, 2.45) is 5.10 Å². The van der Waals surface area contributed by atoms with Crippen LogP contribution in [0, 0.1) is 0 Å². The third kappa shape index (κ3) is 4.07. The monoisotopic (exact) mass is 429 g/mol. The van der Waals surface area contributed by atoms with Gasteiger partial charge in [0.15, 0.2) is 0 Å². The summed E-state index contributed by atoms with van der Waals surface area (Å²) >= 11 is 0. The zero-order valence-electron chi connectivity index (χ0n) is 19.4. The highest BCUT2D eigenvalue weighted by Gasteiger charge is 2.37. The van der Waals surface area contributed by atoms with E-state index in [4.69, 9.17) is 0 Å².